The van der Waals surface area contributed by atoms with E-state index in [9.17, 15) is 9.59 Å². The Morgan fingerprint density at radius 3 is 2.46 bits per heavy atom. The molecule has 0 unspecified atom stereocenters. The Kier molecular flexibility index (Phi) is 5.68. The fraction of sp³-hybridized carbons (Fsp3) is 0.167. The lowest BCUT2D eigenvalue weighted by molar-refractivity contribution is -0.136. The standard InChI is InChI=1S/C18H18N2O4/c1-12(19-20-18(23)13-6-4-3-5-7-13)14-8-9-16(24-2)15(10-14)11-17(21)22/h3-10H,11H2,1-2H3,(H,20,23)(H,21,22)/b19-12-. The van der Waals surface area contributed by atoms with E-state index >= 15 is 0 Å². The molecule has 0 spiro atoms. The average Bonchev–Trinajstić information content (AvgIpc) is 2.59. The van der Waals surface area contributed by atoms with Gasteiger partial charge in [-0.05, 0) is 42.8 Å². The van der Waals surface area contributed by atoms with E-state index < -0.39 is 5.97 Å². The fourth-order valence-corrected chi connectivity index (χ4v) is 2.16. The summed E-state index contributed by atoms with van der Waals surface area (Å²) < 4.78 is 5.16. The SMILES string of the molecule is COc1ccc(/C(C)=N\NC(=O)c2ccccc2)cc1CC(=O)O. The molecule has 2 aromatic rings. The number of aliphatic carboxylic acids is 1. The van der Waals surface area contributed by atoms with Gasteiger partial charge in [-0.3, -0.25) is 9.59 Å². The molecule has 0 saturated heterocycles. The van der Waals surface area contributed by atoms with Crippen LogP contribution in [0.3, 0.4) is 0 Å². The molecule has 0 aliphatic heterocycles. The summed E-state index contributed by atoms with van der Waals surface area (Å²) in [5.74, 6) is -0.756. The summed E-state index contributed by atoms with van der Waals surface area (Å²) in [6.45, 7) is 1.73. The zero-order valence-electron chi connectivity index (χ0n) is 13.4. The molecule has 6 nitrogen and oxygen atoms in total. The van der Waals surface area contributed by atoms with Gasteiger partial charge in [0.1, 0.15) is 5.75 Å². The molecule has 0 aliphatic carbocycles. The highest BCUT2D eigenvalue weighted by Gasteiger charge is 2.10. The van der Waals surface area contributed by atoms with Crippen LogP contribution in [0.2, 0.25) is 0 Å². The van der Waals surface area contributed by atoms with Crippen LogP contribution >= 0.6 is 0 Å². The molecule has 24 heavy (non-hydrogen) atoms. The first-order valence-electron chi connectivity index (χ1n) is 7.30. The quantitative estimate of drug-likeness (QED) is 0.630. The van der Waals surface area contributed by atoms with Crippen molar-refractivity contribution in [2.45, 2.75) is 13.3 Å². The van der Waals surface area contributed by atoms with Crippen molar-refractivity contribution in [2.24, 2.45) is 5.10 Å². The van der Waals surface area contributed by atoms with Gasteiger partial charge in [0.15, 0.2) is 0 Å². The third-order valence-electron chi connectivity index (χ3n) is 3.40. The van der Waals surface area contributed by atoms with Gasteiger partial charge in [0.2, 0.25) is 0 Å². The number of methoxy groups -OCH3 is 1. The molecule has 0 atom stereocenters. The van der Waals surface area contributed by atoms with E-state index in [1.54, 1.807) is 49.4 Å². The molecule has 0 saturated carbocycles. The predicted octanol–water partition coefficient (Wildman–Crippen LogP) is 2.48. The summed E-state index contributed by atoms with van der Waals surface area (Å²) in [5, 5.41) is 13.1. The Morgan fingerprint density at radius 2 is 1.83 bits per heavy atom. The summed E-state index contributed by atoms with van der Waals surface area (Å²) in [7, 11) is 1.49. The topological polar surface area (TPSA) is 88.0 Å². The van der Waals surface area contributed by atoms with E-state index in [-0.39, 0.29) is 12.3 Å². The van der Waals surface area contributed by atoms with E-state index in [1.165, 1.54) is 7.11 Å². The van der Waals surface area contributed by atoms with Gasteiger partial charge >= 0.3 is 5.97 Å². The van der Waals surface area contributed by atoms with Gasteiger partial charge in [-0.1, -0.05) is 18.2 Å². The van der Waals surface area contributed by atoms with Crippen molar-refractivity contribution in [1.82, 2.24) is 5.43 Å². The van der Waals surface area contributed by atoms with Crippen LogP contribution in [0.15, 0.2) is 53.6 Å². The number of nitrogens with zero attached hydrogens (tertiary/aromatic N) is 1. The first-order valence-corrected chi connectivity index (χ1v) is 7.30. The largest absolute Gasteiger partial charge is 0.496 e. The maximum absolute atomic E-state index is 12.0. The fourth-order valence-electron chi connectivity index (χ4n) is 2.16. The predicted molar refractivity (Wildman–Crippen MR) is 90.5 cm³/mol. The van der Waals surface area contributed by atoms with Gasteiger partial charge in [-0.15, -0.1) is 0 Å². The van der Waals surface area contributed by atoms with Crippen molar-refractivity contribution in [3.8, 4) is 5.75 Å². The smallest absolute Gasteiger partial charge is 0.307 e. The van der Waals surface area contributed by atoms with E-state index in [0.717, 1.165) is 0 Å². The molecule has 0 aromatic heterocycles. The summed E-state index contributed by atoms with van der Waals surface area (Å²) in [4.78, 5) is 22.9. The Balaban J connectivity index is 2.18. The number of hydrazone groups is 1. The number of rotatable bonds is 6. The average molecular weight is 326 g/mol. The van der Waals surface area contributed by atoms with Gasteiger partial charge < -0.3 is 9.84 Å². The minimum atomic E-state index is -0.947. The molecule has 2 rings (SSSR count). The van der Waals surface area contributed by atoms with Crippen LogP contribution in [0.5, 0.6) is 5.75 Å². The van der Waals surface area contributed by atoms with Crippen LogP contribution in [-0.4, -0.2) is 29.8 Å². The zero-order valence-corrected chi connectivity index (χ0v) is 13.4. The van der Waals surface area contributed by atoms with Crippen molar-refractivity contribution in [3.63, 3.8) is 0 Å². The van der Waals surface area contributed by atoms with Crippen molar-refractivity contribution >= 4 is 17.6 Å². The van der Waals surface area contributed by atoms with Crippen LogP contribution in [0.4, 0.5) is 0 Å². The maximum Gasteiger partial charge on any atom is 0.307 e. The molecule has 0 radical (unpaired) electrons. The second-order valence-corrected chi connectivity index (χ2v) is 5.10. The number of ether oxygens (including phenoxy) is 1. The molecule has 2 aromatic carbocycles. The highest BCUT2D eigenvalue weighted by atomic mass is 16.5. The van der Waals surface area contributed by atoms with E-state index in [4.69, 9.17) is 9.84 Å². The maximum atomic E-state index is 12.0. The number of carbonyl (C=O) groups is 2. The lowest BCUT2D eigenvalue weighted by Crippen LogP contribution is -2.19. The molecule has 0 heterocycles. The lowest BCUT2D eigenvalue weighted by atomic mass is 10.0. The second kappa shape index (κ2) is 7.92. The zero-order chi connectivity index (χ0) is 17.5. The number of hydrogen-bond donors (Lipinski definition) is 2. The Bertz CT molecular complexity index is 770. The lowest BCUT2D eigenvalue weighted by Gasteiger charge is -2.09. The molecular weight excluding hydrogens is 308 g/mol. The van der Waals surface area contributed by atoms with Crippen LogP contribution in [0.1, 0.15) is 28.4 Å². The third kappa shape index (κ3) is 4.42. The summed E-state index contributed by atoms with van der Waals surface area (Å²) >= 11 is 0. The molecule has 6 heteroatoms. The molecule has 0 bridgehead atoms. The Morgan fingerprint density at radius 1 is 1.12 bits per heavy atom. The second-order valence-electron chi connectivity index (χ2n) is 5.10. The van der Waals surface area contributed by atoms with Crippen molar-refractivity contribution in [2.75, 3.05) is 7.11 Å². The van der Waals surface area contributed by atoms with E-state index in [2.05, 4.69) is 10.5 Å². The number of carbonyl (C=O) groups excluding carboxylic acids is 1. The summed E-state index contributed by atoms with van der Waals surface area (Å²) in [6.07, 6.45) is -0.152. The Labute approximate surface area is 139 Å². The molecule has 124 valence electrons. The van der Waals surface area contributed by atoms with Crippen LogP contribution < -0.4 is 10.2 Å². The number of nitrogens with one attached hydrogen (secondary N) is 1. The van der Waals surface area contributed by atoms with Gasteiger partial charge in [0, 0.05) is 11.1 Å². The highest BCUT2D eigenvalue weighted by molar-refractivity contribution is 6.01. The van der Waals surface area contributed by atoms with Crippen molar-refractivity contribution in [3.05, 3.63) is 65.2 Å². The van der Waals surface area contributed by atoms with Gasteiger partial charge in [-0.25, -0.2) is 5.43 Å². The van der Waals surface area contributed by atoms with E-state index in [0.29, 0.717) is 28.2 Å². The first kappa shape index (κ1) is 17.2. The summed E-state index contributed by atoms with van der Waals surface area (Å²) in [5.41, 5.74) is 4.82. The van der Waals surface area contributed by atoms with Crippen molar-refractivity contribution < 1.29 is 19.4 Å². The number of carboxylic acid groups (broad SMARTS) is 1. The highest BCUT2D eigenvalue weighted by Crippen LogP contribution is 2.21. The number of benzene rings is 2. The molecular formula is C18H18N2O4. The van der Waals surface area contributed by atoms with Crippen LogP contribution in [-0.2, 0) is 11.2 Å². The molecule has 0 fully saturated rings. The van der Waals surface area contributed by atoms with Gasteiger partial charge in [-0.2, -0.15) is 5.10 Å². The number of carboxylic acids is 1. The normalized spacial score (nSPS) is 11.0. The van der Waals surface area contributed by atoms with Crippen LogP contribution in [0, 0.1) is 0 Å². The van der Waals surface area contributed by atoms with E-state index in [1.807, 2.05) is 6.07 Å². The monoisotopic (exact) mass is 326 g/mol. The summed E-state index contributed by atoms with van der Waals surface area (Å²) in [6, 6.07) is 13.9. The van der Waals surface area contributed by atoms with Crippen LogP contribution in [0.25, 0.3) is 0 Å². The molecule has 2 N–H and O–H groups in total. The van der Waals surface area contributed by atoms with Crippen molar-refractivity contribution in [1.29, 1.82) is 0 Å². The van der Waals surface area contributed by atoms with Gasteiger partial charge in [0.05, 0.1) is 19.2 Å². The Hall–Kier alpha value is -3.15. The minimum Gasteiger partial charge on any atom is -0.496 e. The third-order valence-corrected chi connectivity index (χ3v) is 3.40. The minimum absolute atomic E-state index is 0.152. The molecule has 1 amide bonds. The molecule has 0 aliphatic rings. The van der Waals surface area contributed by atoms with Gasteiger partial charge in [0.25, 0.3) is 5.91 Å². The number of hydrogen-bond acceptors (Lipinski definition) is 4. The number of amides is 1. The first-order chi connectivity index (χ1) is 11.5.